The lowest BCUT2D eigenvalue weighted by Gasteiger charge is -2.32. The van der Waals surface area contributed by atoms with Crippen molar-refractivity contribution < 1.29 is 0 Å². The van der Waals surface area contributed by atoms with Crippen LogP contribution in [0.5, 0.6) is 0 Å². The van der Waals surface area contributed by atoms with E-state index in [1.807, 2.05) is 12.1 Å². The van der Waals surface area contributed by atoms with Gasteiger partial charge < -0.3 is 15.0 Å². The Labute approximate surface area is 148 Å². The van der Waals surface area contributed by atoms with E-state index >= 15 is 0 Å². The number of pyridine rings is 1. The van der Waals surface area contributed by atoms with Gasteiger partial charge in [0.15, 0.2) is 0 Å². The lowest BCUT2D eigenvalue weighted by molar-refractivity contribution is 0.147. The number of hydrogen-bond donors (Lipinski definition) is 1. The quantitative estimate of drug-likeness (QED) is 0.748. The number of likely N-dealkylation sites (N-methyl/N-ethyl adjacent to an activating group) is 1. The molecule has 0 spiro atoms. The molecular weight excluding hydrogens is 310 g/mol. The van der Waals surface area contributed by atoms with E-state index in [9.17, 15) is 0 Å². The normalized spacial score (nSPS) is 16.6. The number of anilines is 1. The second kappa shape index (κ2) is 6.50. The van der Waals surface area contributed by atoms with Crippen LogP contribution in [0.3, 0.4) is 0 Å². The van der Waals surface area contributed by atoms with Gasteiger partial charge in [-0.25, -0.2) is 4.98 Å². The molecule has 0 saturated carbocycles. The molecule has 0 radical (unpaired) electrons. The molecule has 0 aliphatic carbocycles. The largest absolute Gasteiger partial charge is 0.399 e. The van der Waals surface area contributed by atoms with Gasteiger partial charge in [-0.05, 0) is 37.7 Å². The summed E-state index contributed by atoms with van der Waals surface area (Å²) in [6.07, 6.45) is 2.19. The minimum Gasteiger partial charge on any atom is -0.399 e. The Hall–Kier alpha value is -2.37. The van der Waals surface area contributed by atoms with Crippen molar-refractivity contribution in [3.8, 4) is 11.3 Å². The van der Waals surface area contributed by atoms with Crippen molar-refractivity contribution in [1.29, 1.82) is 0 Å². The van der Waals surface area contributed by atoms with Gasteiger partial charge in [0, 0.05) is 50.2 Å². The van der Waals surface area contributed by atoms with Crippen LogP contribution in [0.15, 0.2) is 42.6 Å². The molecule has 0 amide bonds. The summed E-state index contributed by atoms with van der Waals surface area (Å²) in [6, 6.07) is 12.3. The molecule has 2 aromatic heterocycles. The summed E-state index contributed by atoms with van der Waals surface area (Å²) in [7, 11) is 2.19. The zero-order valence-corrected chi connectivity index (χ0v) is 14.9. The van der Waals surface area contributed by atoms with E-state index in [4.69, 9.17) is 10.7 Å². The fourth-order valence-electron chi connectivity index (χ4n) is 3.44. The van der Waals surface area contributed by atoms with E-state index in [2.05, 4.69) is 58.6 Å². The maximum Gasteiger partial charge on any atom is 0.137 e. The first-order valence-corrected chi connectivity index (χ1v) is 8.84. The van der Waals surface area contributed by atoms with Crippen molar-refractivity contribution in [2.45, 2.75) is 13.5 Å². The molecular formula is C20H25N5. The highest BCUT2D eigenvalue weighted by molar-refractivity contribution is 5.68. The van der Waals surface area contributed by atoms with Crippen molar-refractivity contribution >= 4 is 11.3 Å². The van der Waals surface area contributed by atoms with E-state index < -0.39 is 0 Å². The van der Waals surface area contributed by atoms with Crippen LogP contribution in [0, 0.1) is 6.92 Å². The first-order valence-electron chi connectivity index (χ1n) is 8.84. The molecule has 0 unspecified atom stereocenters. The molecule has 3 heterocycles. The minimum absolute atomic E-state index is 0.781. The van der Waals surface area contributed by atoms with Gasteiger partial charge in [-0.2, -0.15) is 0 Å². The van der Waals surface area contributed by atoms with Crippen molar-refractivity contribution in [3.05, 3.63) is 53.9 Å². The summed E-state index contributed by atoms with van der Waals surface area (Å²) in [6.45, 7) is 7.47. The molecule has 3 aromatic rings. The van der Waals surface area contributed by atoms with E-state index in [-0.39, 0.29) is 0 Å². The van der Waals surface area contributed by atoms with Crippen LogP contribution in [-0.4, -0.2) is 52.4 Å². The number of hydrogen-bond acceptors (Lipinski definition) is 4. The summed E-state index contributed by atoms with van der Waals surface area (Å²) < 4.78 is 2.25. The third-order valence-electron chi connectivity index (χ3n) is 5.02. The molecule has 5 heteroatoms. The Morgan fingerprint density at radius 1 is 1.00 bits per heavy atom. The van der Waals surface area contributed by atoms with E-state index in [0.717, 1.165) is 55.3 Å². The molecule has 1 saturated heterocycles. The number of nitrogens with two attached hydrogens (primary N) is 1. The molecule has 0 bridgehead atoms. The molecule has 4 rings (SSSR count). The number of aromatic nitrogens is 2. The van der Waals surface area contributed by atoms with Crippen molar-refractivity contribution in [3.63, 3.8) is 0 Å². The summed E-state index contributed by atoms with van der Waals surface area (Å²) in [5.74, 6) is 0. The fraction of sp³-hybridized carbons (Fsp3) is 0.350. The van der Waals surface area contributed by atoms with Gasteiger partial charge in [0.2, 0.25) is 0 Å². The number of rotatable bonds is 3. The number of piperazine rings is 1. The minimum atomic E-state index is 0.781. The zero-order chi connectivity index (χ0) is 17.4. The van der Waals surface area contributed by atoms with Gasteiger partial charge in [0.25, 0.3) is 0 Å². The van der Waals surface area contributed by atoms with Gasteiger partial charge in [-0.1, -0.05) is 18.2 Å². The Morgan fingerprint density at radius 2 is 1.72 bits per heavy atom. The average Bonchev–Trinajstić information content (AvgIpc) is 2.95. The molecule has 5 nitrogen and oxygen atoms in total. The summed E-state index contributed by atoms with van der Waals surface area (Å²) in [4.78, 5) is 9.82. The molecule has 130 valence electrons. The van der Waals surface area contributed by atoms with Crippen molar-refractivity contribution in [1.82, 2.24) is 19.2 Å². The zero-order valence-electron chi connectivity index (χ0n) is 14.9. The van der Waals surface area contributed by atoms with Gasteiger partial charge in [0.1, 0.15) is 5.65 Å². The Bertz CT molecular complexity index is 873. The number of aryl methyl sites for hydroxylation is 1. The predicted molar refractivity (Wildman–Crippen MR) is 103 cm³/mol. The highest BCUT2D eigenvalue weighted by Crippen LogP contribution is 2.27. The molecule has 25 heavy (non-hydrogen) atoms. The van der Waals surface area contributed by atoms with E-state index in [1.54, 1.807) is 0 Å². The summed E-state index contributed by atoms with van der Waals surface area (Å²) >= 11 is 0. The highest BCUT2D eigenvalue weighted by atomic mass is 15.3. The third-order valence-corrected chi connectivity index (χ3v) is 5.02. The molecule has 0 atom stereocenters. The molecule has 1 fully saturated rings. The molecule has 1 aliphatic rings. The highest BCUT2D eigenvalue weighted by Gasteiger charge is 2.20. The number of nitrogen functional groups attached to an aromatic ring is 1. The van der Waals surface area contributed by atoms with Gasteiger partial charge in [-0.3, -0.25) is 4.90 Å². The topological polar surface area (TPSA) is 49.8 Å². The summed E-state index contributed by atoms with van der Waals surface area (Å²) in [5.41, 5.74) is 12.3. The monoisotopic (exact) mass is 335 g/mol. The lowest BCUT2D eigenvalue weighted by atomic mass is 10.1. The predicted octanol–water partition coefficient (Wildman–Crippen LogP) is 2.64. The molecule has 1 aliphatic heterocycles. The van der Waals surface area contributed by atoms with Crippen LogP contribution in [0.4, 0.5) is 5.69 Å². The fourth-order valence-corrected chi connectivity index (χ4v) is 3.44. The van der Waals surface area contributed by atoms with E-state index in [1.165, 1.54) is 11.3 Å². The SMILES string of the molecule is Cc1ccc2nc(-c3ccc(N)cc3)c(CN3CCN(C)CC3)n2c1. The first kappa shape index (κ1) is 16.1. The van der Waals surface area contributed by atoms with Crippen LogP contribution < -0.4 is 5.73 Å². The van der Waals surface area contributed by atoms with Crippen LogP contribution in [-0.2, 0) is 6.54 Å². The maximum absolute atomic E-state index is 5.86. The Kier molecular flexibility index (Phi) is 4.19. The van der Waals surface area contributed by atoms with Crippen LogP contribution in [0.2, 0.25) is 0 Å². The second-order valence-corrected chi connectivity index (χ2v) is 7.04. The third kappa shape index (κ3) is 3.25. The number of benzene rings is 1. The van der Waals surface area contributed by atoms with Gasteiger partial charge in [0.05, 0.1) is 11.4 Å². The average molecular weight is 335 g/mol. The number of fused-ring (bicyclic) bond motifs is 1. The lowest BCUT2D eigenvalue weighted by Crippen LogP contribution is -2.44. The number of imidazole rings is 1. The van der Waals surface area contributed by atoms with Crippen LogP contribution in [0.1, 0.15) is 11.3 Å². The van der Waals surface area contributed by atoms with Crippen LogP contribution >= 0.6 is 0 Å². The van der Waals surface area contributed by atoms with E-state index in [0.29, 0.717) is 0 Å². The van der Waals surface area contributed by atoms with Crippen molar-refractivity contribution in [2.24, 2.45) is 0 Å². The smallest absolute Gasteiger partial charge is 0.137 e. The number of nitrogens with zero attached hydrogens (tertiary/aromatic N) is 4. The molecule has 1 aromatic carbocycles. The van der Waals surface area contributed by atoms with Crippen molar-refractivity contribution in [2.75, 3.05) is 39.0 Å². The Morgan fingerprint density at radius 3 is 2.44 bits per heavy atom. The molecule has 2 N–H and O–H groups in total. The Balaban J connectivity index is 1.77. The van der Waals surface area contributed by atoms with Gasteiger partial charge >= 0.3 is 0 Å². The standard InChI is InChI=1S/C20H25N5/c1-15-3-8-19-22-20(16-4-6-17(21)7-5-16)18(25(19)13-15)14-24-11-9-23(2)10-12-24/h3-8,13H,9-12,14,21H2,1-2H3. The first-order chi connectivity index (χ1) is 12.1. The van der Waals surface area contributed by atoms with Crippen LogP contribution in [0.25, 0.3) is 16.9 Å². The second-order valence-electron chi connectivity index (χ2n) is 7.04. The van der Waals surface area contributed by atoms with Gasteiger partial charge in [-0.15, -0.1) is 0 Å². The summed E-state index contributed by atoms with van der Waals surface area (Å²) in [5, 5.41) is 0. The maximum atomic E-state index is 5.86.